The van der Waals surface area contributed by atoms with E-state index in [0.717, 1.165) is 29.0 Å². The molecular formula is C25H32N2O4. The number of carbonyl (C=O) groups is 2. The van der Waals surface area contributed by atoms with Gasteiger partial charge in [-0.3, -0.25) is 9.59 Å². The van der Waals surface area contributed by atoms with Crippen LogP contribution in [0.5, 0.6) is 11.5 Å². The Labute approximate surface area is 184 Å². The van der Waals surface area contributed by atoms with Gasteiger partial charge in [-0.2, -0.15) is 0 Å². The molecule has 0 aliphatic carbocycles. The van der Waals surface area contributed by atoms with Crippen molar-refractivity contribution in [3.63, 3.8) is 0 Å². The third-order valence-electron chi connectivity index (χ3n) is 5.64. The van der Waals surface area contributed by atoms with Crippen LogP contribution in [-0.2, 0) is 11.2 Å². The van der Waals surface area contributed by atoms with Crippen LogP contribution in [-0.4, -0.2) is 61.5 Å². The van der Waals surface area contributed by atoms with Crippen molar-refractivity contribution in [2.24, 2.45) is 0 Å². The summed E-state index contributed by atoms with van der Waals surface area (Å²) in [6, 6.07) is 13.4. The summed E-state index contributed by atoms with van der Waals surface area (Å²) < 4.78 is 10.7. The number of aryl methyl sites for hydroxylation is 2. The van der Waals surface area contributed by atoms with Crippen LogP contribution >= 0.6 is 0 Å². The molecule has 1 aliphatic rings. The summed E-state index contributed by atoms with van der Waals surface area (Å²) in [7, 11) is 1.64. The highest BCUT2D eigenvalue weighted by Crippen LogP contribution is 2.21. The van der Waals surface area contributed by atoms with E-state index >= 15 is 0 Å². The maximum atomic E-state index is 13.0. The SMILES string of the molecule is CCOc1ccc(C(=O)N2CCCN(C(=O)CCc3ccc(OC)cc3)CC2)cc1C. The first-order valence-electron chi connectivity index (χ1n) is 10.9. The first kappa shape index (κ1) is 22.7. The van der Waals surface area contributed by atoms with Crippen molar-refractivity contribution in [3.05, 3.63) is 59.2 Å². The second kappa shape index (κ2) is 10.8. The van der Waals surface area contributed by atoms with E-state index < -0.39 is 0 Å². The van der Waals surface area contributed by atoms with Crippen molar-refractivity contribution in [2.75, 3.05) is 39.9 Å². The number of benzene rings is 2. The van der Waals surface area contributed by atoms with Crippen molar-refractivity contribution in [1.29, 1.82) is 0 Å². The largest absolute Gasteiger partial charge is 0.497 e. The summed E-state index contributed by atoms with van der Waals surface area (Å²) in [5.74, 6) is 1.78. The summed E-state index contributed by atoms with van der Waals surface area (Å²) in [6.45, 7) is 6.97. The van der Waals surface area contributed by atoms with E-state index in [-0.39, 0.29) is 11.8 Å². The molecule has 0 saturated carbocycles. The number of hydrogen-bond acceptors (Lipinski definition) is 4. The predicted octanol–water partition coefficient (Wildman–Crippen LogP) is 3.71. The normalized spacial score (nSPS) is 14.2. The molecule has 0 aromatic heterocycles. The molecule has 2 aromatic rings. The van der Waals surface area contributed by atoms with Gasteiger partial charge < -0.3 is 19.3 Å². The van der Waals surface area contributed by atoms with Crippen LogP contribution in [0.15, 0.2) is 42.5 Å². The Bertz CT molecular complexity index is 895. The van der Waals surface area contributed by atoms with E-state index in [9.17, 15) is 9.59 Å². The lowest BCUT2D eigenvalue weighted by Gasteiger charge is -2.22. The lowest BCUT2D eigenvalue weighted by Crippen LogP contribution is -2.37. The van der Waals surface area contributed by atoms with Gasteiger partial charge in [0.1, 0.15) is 11.5 Å². The average molecular weight is 425 g/mol. The van der Waals surface area contributed by atoms with E-state index in [1.807, 2.05) is 66.1 Å². The second-order valence-corrected chi connectivity index (χ2v) is 7.79. The second-order valence-electron chi connectivity index (χ2n) is 7.79. The van der Waals surface area contributed by atoms with E-state index in [1.165, 1.54) is 0 Å². The fraction of sp³-hybridized carbons (Fsp3) is 0.440. The minimum Gasteiger partial charge on any atom is -0.497 e. The highest BCUT2D eigenvalue weighted by Gasteiger charge is 2.23. The summed E-state index contributed by atoms with van der Waals surface area (Å²) in [6.07, 6.45) is 1.96. The fourth-order valence-corrected chi connectivity index (χ4v) is 3.85. The smallest absolute Gasteiger partial charge is 0.253 e. The average Bonchev–Trinajstić information content (AvgIpc) is 3.05. The zero-order chi connectivity index (χ0) is 22.2. The van der Waals surface area contributed by atoms with Gasteiger partial charge in [-0.15, -0.1) is 0 Å². The lowest BCUT2D eigenvalue weighted by atomic mass is 10.1. The summed E-state index contributed by atoms with van der Waals surface area (Å²) in [4.78, 5) is 29.4. The van der Waals surface area contributed by atoms with Gasteiger partial charge in [-0.05, 0) is 68.1 Å². The molecule has 0 radical (unpaired) electrons. The summed E-state index contributed by atoms with van der Waals surface area (Å²) in [5, 5.41) is 0. The molecule has 31 heavy (non-hydrogen) atoms. The van der Waals surface area contributed by atoms with Gasteiger partial charge in [0, 0.05) is 38.2 Å². The topological polar surface area (TPSA) is 59.1 Å². The lowest BCUT2D eigenvalue weighted by molar-refractivity contribution is -0.131. The first-order valence-corrected chi connectivity index (χ1v) is 10.9. The standard InChI is InChI=1S/C25H32N2O4/c1-4-31-23-12-9-21(18-19(23)2)25(29)27-15-5-14-26(16-17-27)24(28)13-8-20-6-10-22(30-3)11-7-20/h6-7,9-12,18H,4-5,8,13-17H2,1-3H3. The summed E-state index contributed by atoms with van der Waals surface area (Å²) >= 11 is 0. The maximum Gasteiger partial charge on any atom is 0.253 e. The highest BCUT2D eigenvalue weighted by molar-refractivity contribution is 5.94. The third kappa shape index (κ3) is 6.00. The highest BCUT2D eigenvalue weighted by atomic mass is 16.5. The van der Waals surface area contributed by atoms with Gasteiger partial charge >= 0.3 is 0 Å². The Morgan fingerprint density at radius 3 is 2.35 bits per heavy atom. The summed E-state index contributed by atoms with van der Waals surface area (Å²) in [5.41, 5.74) is 2.74. The Hall–Kier alpha value is -3.02. The number of carbonyl (C=O) groups excluding carboxylic acids is 2. The molecule has 0 spiro atoms. The molecule has 0 N–H and O–H groups in total. The molecule has 6 nitrogen and oxygen atoms in total. The number of hydrogen-bond donors (Lipinski definition) is 0. The quantitative estimate of drug-likeness (QED) is 0.680. The number of rotatable bonds is 7. The fourth-order valence-electron chi connectivity index (χ4n) is 3.85. The van der Waals surface area contributed by atoms with Crippen LogP contribution in [0.1, 0.15) is 41.3 Å². The molecule has 0 atom stereocenters. The molecule has 1 saturated heterocycles. The van der Waals surface area contributed by atoms with E-state index in [0.29, 0.717) is 51.2 Å². The van der Waals surface area contributed by atoms with Crippen molar-refractivity contribution in [3.8, 4) is 11.5 Å². The number of amides is 2. The number of ether oxygens (including phenoxy) is 2. The van der Waals surface area contributed by atoms with E-state index in [1.54, 1.807) is 7.11 Å². The Morgan fingerprint density at radius 2 is 1.68 bits per heavy atom. The molecule has 6 heteroatoms. The van der Waals surface area contributed by atoms with Crippen LogP contribution in [0, 0.1) is 6.92 Å². The predicted molar refractivity (Wildman–Crippen MR) is 121 cm³/mol. The van der Waals surface area contributed by atoms with E-state index in [4.69, 9.17) is 9.47 Å². The van der Waals surface area contributed by atoms with Crippen molar-refractivity contribution in [2.45, 2.75) is 33.1 Å². The van der Waals surface area contributed by atoms with Gasteiger partial charge in [0.15, 0.2) is 0 Å². The van der Waals surface area contributed by atoms with E-state index in [2.05, 4.69) is 0 Å². The van der Waals surface area contributed by atoms with Crippen LogP contribution in [0.25, 0.3) is 0 Å². The Kier molecular flexibility index (Phi) is 7.93. The molecule has 1 fully saturated rings. The van der Waals surface area contributed by atoms with Crippen LogP contribution < -0.4 is 9.47 Å². The zero-order valence-electron chi connectivity index (χ0n) is 18.7. The third-order valence-corrected chi connectivity index (χ3v) is 5.64. The molecule has 1 aliphatic heterocycles. The first-order chi connectivity index (χ1) is 15.0. The van der Waals surface area contributed by atoms with Gasteiger partial charge in [-0.25, -0.2) is 0 Å². The molecule has 1 heterocycles. The maximum absolute atomic E-state index is 13.0. The van der Waals surface area contributed by atoms with Gasteiger partial charge in [0.2, 0.25) is 5.91 Å². The molecule has 2 amide bonds. The van der Waals surface area contributed by atoms with Gasteiger partial charge in [-0.1, -0.05) is 12.1 Å². The molecule has 0 unspecified atom stereocenters. The van der Waals surface area contributed by atoms with Crippen LogP contribution in [0.2, 0.25) is 0 Å². The molecular weight excluding hydrogens is 392 g/mol. The number of methoxy groups -OCH3 is 1. The number of nitrogens with zero attached hydrogens (tertiary/aromatic N) is 2. The molecule has 166 valence electrons. The monoisotopic (exact) mass is 424 g/mol. The molecule has 3 rings (SSSR count). The van der Waals surface area contributed by atoms with Crippen LogP contribution in [0.4, 0.5) is 0 Å². The molecule has 2 aromatic carbocycles. The van der Waals surface area contributed by atoms with Gasteiger partial charge in [0.25, 0.3) is 5.91 Å². The minimum atomic E-state index is 0.0127. The Balaban J connectivity index is 1.53. The van der Waals surface area contributed by atoms with Crippen molar-refractivity contribution < 1.29 is 19.1 Å². The Morgan fingerprint density at radius 1 is 0.968 bits per heavy atom. The van der Waals surface area contributed by atoms with Crippen LogP contribution in [0.3, 0.4) is 0 Å². The minimum absolute atomic E-state index is 0.0127. The van der Waals surface area contributed by atoms with Crippen molar-refractivity contribution >= 4 is 11.8 Å². The zero-order valence-corrected chi connectivity index (χ0v) is 18.7. The van der Waals surface area contributed by atoms with Crippen molar-refractivity contribution in [1.82, 2.24) is 9.80 Å². The van der Waals surface area contributed by atoms with Gasteiger partial charge in [0.05, 0.1) is 13.7 Å². The molecule has 0 bridgehead atoms.